The third-order valence-electron chi connectivity index (χ3n) is 14.0. The second kappa shape index (κ2) is 54.3. The molecule has 1 N–H and O–H groups in total. The molecule has 9 nitrogen and oxygen atoms in total. The van der Waals surface area contributed by atoms with Gasteiger partial charge in [-0.3, -0.25) is 18.6 Å². The first kappa shape index (κ1) is 70.5. The lowest BCUT2D eigenvalue weighted by Crippen LogP contribution is -2.37. The van der Waals surface area contributed by atoms with Crippen molar-refractivity contribution in [3.8, 4) is 0 Å². The van der Waals surface area contributed by atoms with Gasteiger partial charge in [0.2, 0.25) is 0 Å². The number of nitrogens with zero attached hydrogens (tertiary/aromatic N) is 1. The van der Waals surface area contributed by atoms with E-state index in [1.165, 1.54) is 212 Å². The predicted molar refractivity (Wildman–Crippen MR) is 307 cm³/mol. The molecule has 0 saturated carbocycles. The van der Waals surface area contributed by atoms with Crippen molar-refractivity contribution in [1.29, 1.82) is 0 Å². The summed E-state index contributed by atoms with van der Waals surface area (Å²) in [5, 5.41) is 0. The average Bonchev–Trinajstić information content (AvgIpc) is 3.34. The van der Waals surface area contributed by atoms with E-state index in [0.717, 1.165) is 64.2 Å². The van der Waals surface area contributed by atoms with E-state index in [9.17, 15) is 19.0 Å². The van der Waals surface area contributed by atoms with Crippen LogP contribution in [-0.4, -0.2) is 74.9 Å². The third-order valence-corrected chi connectivity index (χ3v) is 14.9. The topological polar surface area (TPSA) is 108 Å². The fourth-order valence-corrected chi connectivity index (χ4v) is 9.92. The minimum Gasteiger partial charge on any atom is -0.462 e. The smallest absolute Gasteiger partial charge is 0.462 e. The van der Waals surface area contributed by atoms with E-state index in [1.807, 2.05) is 21.1 Å². The number of carbonyl (C=O) groups excluding carboxylic acids is 2. The Balaban J connectivity index is 3.88. The van der Waals surface area contributed by atoms with E-state index in [1.54, 1.807) is 0 Å². The summed E-state index contributed by atoms with van der Waals surface area (Å²) in [6.07, 6.45) is 65.8. The molecule has 0 amide bonds. The van der Waals surface area contributed by atoms with Crippen LogP contribution in [0.4, 0.5) is 0 Å². The summed E-state index contributed by atoms with van der Waals surface area (Å²) >= 11 is 0. The summed E-state index contributed by atoms with van der Waals surface area (Å²) in [4.78, 5) is 35.6. The van der Waals surface area contributed by atoms with Gasteiger partial charge in [-0.05, 0) is 38.5 Å². The standard InChI is InChI=1S/C62H120NO8P/c1-6-8-10-12-14-16-18-20-21-22-23-24-25-26-27-28-29-30-31-32-33-34-35-36-37-38-39-40-41-43-44-46-48-50-52-54-61(64)68-58-60(59-70-72(66,67)69-57-56-63(3,4)5)71-62(65)55-53-51-49-47-45-42-19-17-15-13-11-9-7-2/h11,13,17,19,60H,6-10,12,14-16,18,20-59H2,1-5H3/p+1/b13-11-,19-17-. The summed E-state index contributed by atoms with van der Waals surface area (Å²) in [7, 11) is 1.48. The molecule has 0 fully saturated rings. The Hall–Kier alpha value is -1.51. The first-order valence-corrected chi connectivity index (χ1v) is 32.6. The Morgan fingerprint density at radius 2 is 0.778 bits per heavy atom. The van der Waals surface area contributed by atoms with Crippen LogP contribution in [0.3, 0.4) is 0 Å². The van der Waals surface area contributed by atoms with Crippen LogP contribution in [0.15, 0.2) is 24.3 Å². The Labute approximate surface area is 447 Å². The highest BCUT2D eigenvalue weighted by Gasteiger charge is 2.27. The molecule has 0 aromatic rings. The number of ether oxygens (including phenoxy) is 2. The van der Waals surface area contributed by atoms with Crippen LogP contribution in [0.1, 0.15) is 309 Å². The highest BCUT2D eigenvalue weighted by molar-refractivity contribution is 7.47. The first-order chi connectivity index (χ1) is 35.0. The lowest BCUT2D eigenvalue weighted by molar-refractivity contribution is -0.870. The maximum Gasteiger partial charge on any atom is 0.472 e. The number of rotatable bonds is 58. The number of carbonyl (C=O) groups is 2. The summed E-state index contributed by atoms with van der Waals surface area (Å²) < 4.78 is 34.5. The van der Waals surface area contributed by atoms with Crippen LogP contribution < -0.4 is 0 Å². The zero-order chi connectivity index (χ0) is 52.7. The van der Waals surface area contributed by atoms with Gasteiger partial charge in [0, 0.05) is 12.8 Å². The summed E-state index contributed by atoms with van der Waals surface area (Å²) in [5.74, 6) is -0.801. The van der Waals surface area contributed by atoms with Gasteiger partial charge in [0.15, 0.2) is 6.10 Å². The summed E-state index contributed by atoms with van der Waals surface area (Å²) in [6.45, 7) is 4.39. The predicted octanol–water partition coefficient (Wildman–Crippen LogP) is 19.4. The number of likely N-dealkylation sites (N-methyl/N-ethyl adjacent to an activating group) is 1. The van der Waals surface area contributed by atoms with Crippen molar-refractivity contribution in [2.24, 2.45) is 0 Å². The molecule has 0 heterocycles. The molecular formula is C62H121NO8P+. The fourth-order valence-electron chi connectivity index (χ4n) is 9.18. The van der Waals surface area contributed by atoms with Crippen LogP contribution >= 0.6 is 7.82 Å². The third kappa shape index (κ3) is 57.8. The van der Waals surface area contributed by atoms with Gasteiger partial charge in [0.25, 0.3) is 0 Å². The van der Waals surface area contributed by atoms with Crippen molar-refractivity contribution < 1.29 is 42.1 Å². The molecule has 72 heavy (non-hydrogen) atoms. The number of phosphoric ester groups is 1. The second-order valence-corrected chi connectivity index (χ2v) is 23.9. The largest absolute Gasteiger partial charge is 0.472 e. The molecule has 10 heteroatoms. The van der Waals surface area contributed by atoms with E-state index < -0.39 is 26.5 Å². The van der Waals surface area contributed by atoms with Gasteiger partial charge in [-0.2, -0.15) is 0 Å². The van der Waals surface area contributed by atoms with Gasteiger partial charge in [0.1, 0.15) is 19.8 Å². The summed E-state index contributed by atoms with van der Waals surface area (Å²) in [5.41, 5.74) is 0. The molecule has 0 aromatic carbocycles. The molecule has 0 aromatic heterocycles. The van der Waals surface area contributed by atoms with Gasteiger partial charge >= 0.3 is 19.8 Å². The van der Waals surface area contributed by atoms with Gasteiger partial charge in [-0.15, -0.1) is 0 Å². The minimum absolute atomic E-state index is 0.0309. The normalized spacial score (nSPS) is 13.4. The number of allylic oxidation sites excluding steroid dienone is 4. The van der Waals surface area contributed by atoms with Gasteiger partial charge < -0.3 is 18.9 Å². The number of hydrogen-bond acceptors (Lipinski definition) is 7. The molecule has 0 radical (unpaired) electrons. The number of unbranched alkanes of at least 4 members (excludes halogenated alkanes) is 40. The second-order valence-electron chi connectivity index (χ2n) is 22.5. The lowest BCUT2D eigenvalue weighted by atomic mass is 10.0. The molecule has 0 aliphatic heterocycles. The van der Waals surface area contributed by atoms with E-state index in [2.05, 4.69) is 38.2 Å². The van der Waals surface area contributed by atoms with Crippen molar-refractivity contribution in [1.82, 2.24) is 0 Å². The SMILES string of the molecule is CCC/C=C\C/C=C\CCCCCCCC(=O)OC(COC(=O)CCCCCCCCCCCCCCCCCCCCCCCCCCCCCCCCCCCCC)COP(=O)(O)OCC[N+](C)(C)C. The van der Waals surface area contributed by atoms with Crippen molar-refractivity contribution >= 4 is 19.8 Å². The Morgan fingerprint density at radius 1 is 0.431 bits per heavy atom. The van der Waals surface area contributed by atoms with E-state index in [-0.39, 0.29) is 25.6 Å². The Bertz CT molecular complexity index is 1270. The van der Waals surface area contributed by atoms with Gasteiger partial charge in [-0.1, -0.05) is 282 Å². The zero-order valence-electron chi connectivity index (χ0n) is 48.4. The van der Waals surface area contributed by atoms with E-state index in [0.29, 0.717) is 23.9 Å². The first-order valence-electron chi connectivity index (χ1n) is 31.1. The molecule has 0 aliphatic rings. The van der Waals surface area contributed by atoms with Crippen molar-refractivity contribution in [2.45, 2.75) is 315 Å². The van der Waals surface area contributed by atoms with E-state index in [4.69, 9.17) is 18.5 Å². The molecule has 2 atom stereocenters. The highest BCUT2D eigenvalue weighted by atomic mass is 31.2. The average molecular weight is 1040 g/mol. The van der Waals surface area contributed by atoms with Crippen LogP contribution in [0, 0.1) is 0 Å². The van der Waals surface area contributed by atoms with Crippen LogP contribution in [0.5, 0.6) is 0 Å². The van der Waals surface area contributed by atoms with E-state index >= 15 is 0 Å². The highest BCUT2D eigenvalue weighted by Crippen LogP contribution is 2.43. The van der Waals surface area contributed by atoms with Gasteiger partial charge in [0.05, 0.1) is 27.7 Å². The molecule has 0 spiro atoms. The molecule has 0 aliphatic carbocycles. The van der Waals surface area contributed by atoms with Gasteiger partial charge in [-0.25, -0.2) is 4.57 Å². The maximum absolute atomic E-state index is 12.7. The monoisotopic (exact) mass is 1040 g/mol. The van der Waals surface area contributed by atoms with Crippen LogP contribution in [0.25, 0.3) is 0 Å². The van der Waals surface area contributed by atoms with Crippen molar-refractivity contribution in [3.63, 3.8) is 0 Å². The summed E-state index contributed by atoms with van der Waals surface area (Å²) in [6, 6.07) is 0. The number of phosphoric acid groups is 1. The molecule has 0 rings (SSSR count). The van der Waals surface area contributed by atoms with Crippen molar-refractivity contribution in [2.75, 3.05) is 47.5 Å². The lowest BCUT2D eigenvalue weighted by Gasteiger charge is -2.24. The fraction of sp³-hybridized carbons (Fsp3) is 0.903. The molecule has 2 unspecified atom stereocenters. The number of esters is 2. The molecule has 0 saturated heterocycles. The van der Waals surface area contributed by atoms with Crippen molar-refractivity contribution in [3.05, 3.63) is 24.3 Å². The molecule has 0 bridgehead atoms. The maximum atomic E-state index is 12.7. The number of hydrogen-bond donors (Lipinski definition) is 1. The number of quaternary nitrogens is 1. The minimum atomic E-state index is -4.38. The zero-order valence-corrected chi connectivity index (χ0v) is 49.3. The quantitative estimate of drug-likeness (QED) is 0.0211. The Morgan fingerprint density at radius 3 is 1.15 bits per heavy atom. The Kier molecular flexibility index (Phi) is 53.1. The van der Waals surface area contributed by atoms with Crippen LogP contribution in [-0.2, 0) is 32.7 Å². The molecule has 426 valence electrons. The molecular weight excluding hydrogens is 918 g/mol. The van der Waals surface area contributed by atoms with Crippen LogP contribution in [0.2, 0.25) is 0 Å².